The molecular weight excluding hydrogens is 372 g/mol. The summed E-state index contributed by atoms with van der Waals surface area (Å²) in [6.07, 6.45) is 1.45. The number of nitrogens with zero attached hydrogens (tertiary/aromatic N) is 3. The number of rotatable bonds is 5. The van der Waals surface area contributed by atoms with Crippen molar-refractivity contribution in [2.45, 2.75) is 13.8 Å². The lowest BCUT2D eigenvalue weighted by atomic mass is 10.2. The molecule has 154 valence electrons. The highest BCUT2D eigenvalue weighted by Crippen LogP contribution is 2.18. The second-order valence-corrected chi connectivity index (χ2v) is 6.73. The molecule has 0 spiro atoms. The quantitative estimate of drug-likeness (QED) is 0.779. The Balaban J connectivity index is 1.52. The molecule has 3 rings (SSSR count). The van der Waals surface area contributed by atoms with Crippen LogP contribution in [0.1, 0.15) is 24.4 Å². The molecule has 3 amide bonds. The highest BCUT2D eigenvalue weighted by Gasteiger charge is 2.29. The molecule has 8 heteroatoms. The van der Waals surface area contributed by atoms with E-state index in [0.29, 0.717) is 31.9 Å². The molecule has 0 saturated carbocycles. The number of amides is 3. The number of hydrogen-bond donors (Lipinski definition) is 1. The summed E-state index contributed by atoms with van der Waals surface area (Å²) in [6, 6.07) is 10.7. The summed E-state index contributed by atoms with van der Waals surface area (Å²) < 4.78 is 5.13. The zero-order valence-electron chi connectivity index (χ0n) is 16.8. The molecule has 0 radical (unpaired) electrons. The molecule has 29 heavy (non-hydrogen) atoms. The first kappa shape index (κ1) is 20.4. The summed E-state index contributed by atoms with van der Waals surface area (Å²) >= 11 is 0. The number of nitrogens with one attached hydrogen (secondary N) is 1. The van der Waals surface area contributed by atoms with Gasteiger partial charge in [-0.15, -0.1) is 0 Å². The highest BCUT2D eigenvalue weighted by atomic mass is 16.3. The highest BCUT2D eigenvalue weighted by molar-refractivity contribution is 6.39. The van der Waals surface area contributed by atoms with Crippen LogP contribution in [0.2, 0.25) is 0 Å². The van der Waals surface area contributed by atoms with E-state index in [-0.39, 0.29) is 11.7 Å². The Labute approximate surface area is 170 Å². The molecule has 1 saturated heterocycles. The fourth-order valence-electron chi connectivity index (χ4n) is 3.34. The molecule has 0 bridgehead atoms. The molecule has 1 N–H and O–H groups in total. The second-order valence-electron chi connectivity index (χ2n) is 6.73. The molecule has 1 aromatic heterocycles. The van der Waals surface area contributed by atoms with Crippen LogP contribution in [0.15, 0.2) is 47.1 Å². The Hall–Kier alpha value is -3.29. The van der Waals surface area contributed by atoms with Crippen LogP contribution in [0, 0.1) is 0 Å². The van der Waals surface area contributed by atoms with Crippen molar-refractivity contribution in [1.29, 1.82) is 0 Å². The lowest BCUT2D eigenvalue weighted by molar-refractivity contribution is -0.144. The Kier molecular flexibility index (Phi) is 6.54. The Morgan fingerprint density at radius 3 is 2.14 bits per heavy atom. The lowest BCUT2D eigenvalue weighted by Crippen LogP contribution is -2.52. The number of piperazine rings is 1. The predicted octanol–water partition coefficient (Wildman–Crippen LogP) is 2.05. The van der Waals surface area contributed by atoms with Crippen LogP contribution in [0.5, 0.6) is 0 Å². The maximum atomic E-state index is 12.5. The first-order valence-electron chi connectivity index (χ1n) is 9.81. The lowest BCUT2D eigenvalue weighted by Gasteiger charge is -2.33. The smallest absolute Gasteiger partial charge is 0.313 e. The topological polar surface area (TPSA) is 86.1 Å². The molecule has 1 fully saturated rings. The summed E-state index contributed by atoms with van der Waals surface area (Å²) in [7, 11) is 0. The fourth-order valence-corrected chi connectivity index (χ4v) is 3.34. The Bertz CT molecular complexity index is 836. The number of benzene rings is 1. The van der Waals surface area contributed by atoms with Gasteiger partial charge in [-0.05, 0) is 50.2 Å². The monoisotopic (exact) mass is 398 g/mol. The standard InChI is InChI=1S/C21H26N4O4/c1-3-23(4-2)17-9-7-16(8-10-17)22-19(26)21(28)25-13-11-24(12-14-25)20(27)18-6-5-15-29-18/h5-10,15H,3-4,11-14H2,1-2H3,(H,22,26). The minimum atomic E-state index is -0.675. The van der Waals surface area contributed by atoms with E-state index in [9.17, 15) is 14.4 Å². The molecule has 0 atom stereocenters. The molecule has 2 aromatic rings. The van der Waals surface area contributed by atoms with Crippen LogP contribution < -0.4 is 10.2 Å². The predicted molar refractivity (Wildman–Crippen MR) is 110 cm³/mol. The minimum absolute atomic E-state index is 0.208. The van der Waals surface area contributed by atoms with Gasteiger partial charge in [-0.25, -0.2) is 0 Å². The van der Waals surface area contributed by atoms with Gasteiger partial charge in [0.2, 0.25) is 0 Å². The third-order valence-corrected chi connectivity index (χ3v) is 5.03. The van der Waals surface area contributed by atoms with Gasteiger partial charge in [-0.1, -0.05) is 0 Å². The molecule has 2 heterocycles. The van der Waals surface area contributed by atoms with Crippen molar-refractivity contribution in [3.8, 4) is 0 Å². The average molecular weight is 398 g/mol. The average Bonchev–Trinajstić information content (AvgIpc) is 3.30. The third kappa shape index (κ3) is 4.77. The summed E-state index contributed by atoms with van der Waals surface area (Å²) in [5.41, 5.74) is 1.64. The van der Waals surface area contributed by atoms with Crippen molar-refractivity contribution in [3.63, 3.8) is 0 Å². The van der Waals surface area contributed by atoms with Gasteiger partial charge >= 0.3 is 11.8 Å². The fraction of sp³-hybridized carbons (Fsp3) is 0.381. The van der Waals surface area contributed by atoms with Crippen molar-refractivity contribution < 1.29 is 18.8 Å². The molecule has 1 aliphatic rings. The summed E-state index contributed by atoms with van der Waals surface area (Å²) in [5, 5.41) is 2.65. The zero-order chi connectivity index (χ0) is 20.8. The first-order chi connectivity index (χ1) is 14.0. The van der Waals surface area contributed by atoms with E-state index in [1.54, 1.807) is 29.2 Å². The summed E-state index contributed by atoms with van der Waals surface area (Å²) in [4.78, 5) is 42.3. The number of hydrogen-bond acceptors (Lipinski definition) is 5. The molecular formula is C21H26N4O4. The maximum Gasteiger partial charge on any atom is 0.313 e. The summed E-state index contributed by atoms with van der Waals surface area (Å²) in [5.74, 6) is -1.20. The number of carbonyl (C=O) groups is 3. The normalized spacial score (nSPS) is 13.9. The van der Waals surface area contributed by atoms with Crippen LogP contribution in [0.4, 0.5) is 11.4 Å². The van der Waals surface area contributed by atoms with Crippen LogP contribution >= 0.6 is 0 Å². The van der Waals surface area contributed by atoms with Gasteiger partial charge in [-0.3, -0.25) is 14.4 Å². The number of carbonyl (C=O) groups excluding carboxylic acids is 3. The van der Waals surface area contributed by atoms with E-state index < -0.39 is 11.8 Å². The van der Waals surface area contributed by atoms with Gasteiger partial charge in [0.15, 0.2) is 5.76 Å². The van der Waals surface area contributed by atoms with E-state index in [2.05, 4.69) is 24.1 Å². The van der Waals surface area contributed by atoms with E-state index in [4.69, 9.17) is 4.42 Å². The van der Waals surface area contributed by atoms with Crippen molar-refractivity contribution >= 4 is 29.1 Å². The third-order valence-electron chi connectivity index (χ3n) is 5.03. The van der Waals surface area contributed by atoms with Gasteiger partial charge in [-0.2, -0.15) is 0 Å². The zero-order valence-corrected chi connectivity index (χ0v) is 16.8. The Morgan fingerprint density at radius 1 is 0.966 bits per heavy atom. The number of furan rings is 1. The molecule has 0 unspecified atom stereocenters. The van der Waals surface area contributed by atoms with Gasteiger partial charge in [0.25, 0.3) is 5.91 Å². The molecule has 1 aromatic carbocycles. The van der Waals surface area contributed by atoms with Crippen LogP contribution in [-0.2, 0) is 9.59 Å². The van der Waals surface area contributed by atoms with E-state index in [0.717, 1.165) is 18.8 Å². The second kappa shape index (κ2) is 9.27. The molecule has 8 nitrogen and oxygen atoms in total. The van der Waals surface area contributed by atoms with Gasteiger partial charge in [0.05, 0.1) is 6.26 Å². The van der Waals surface area contributed by atoms with E-state index in [1.165, 1.54) is 11.2 Å². The van der Waals surface area contributed by atoms with Gasteiger partial charge in [0.1, 0.15) is 0 Å². The van der Waals surface area contributed by atoms with Crippen molar-refractivity contribution in [1.82, 2.24) is 9.80 Å². The van der Waals surface area contributed by atoms with E-state index in [1.807, 2.05) is 12.1 Å². The van der Waals surface area contributed by atoms with Crippen molar-refractivity contribution in [2.24, 2.45) is 0 Å². The van der Waals surface area contributed by atoms with Crippen LogP contribution in [0.25, 0.3) is 0 Å². The van der Waals surface area contributed by atoms with Gasteiger partial charge in [0, 0.05) is 50.6 Å². The van der Waals surface area contributed by atoms with Crippen molar-refractivity contribution in [3.05, 3.63) is 48.4 Å². The SMILES string of the molecule is CCN(CC)c1ccc(NC(=O)C(=O)N2CCN(C(=O)c3ccco3)CC2)cc1. The largest absolute Gasteiger partial charge is 0.459 e. The van der Waals surface area contributed by atoms with Crippen molar-refractivity contribution in [2.75, 3.05) is 49.5 Å². The molecule has 0 aliphatic carbocycles. The summed E-state index contributed by atoms with van der Waals surface area (Å²) in [6.45, 7) is 7.29. The number of anilines is 2. The first-order valence-corrected chi connectivity index (χ1v) is 9.81. The van der Waals surface area contributed by atoms with E-state index >= 15 is 0 Å². The minimum Gasteiger partial charge on any atom is -0.459 e. The van der Waals surface area contributed by atoms with Crippen LogP contribution in [-0.4, -0.2) is 66.8 Å². The Morgan fingerprint density at radius 2 is 1.59 bits per heavy atom. The van der Waals surface area contributed by atoms with Gasteiger partial charge < -0.3 is 24.4 Å². The van der Waals surface area contributed by atoms with Crippen LogP contribution in [0.3, 0.4) is 0 Å². The molecule has 1 aliphatic heterocycles. The maximum absolute atomic E-state index is 12.5.